The number of benzene rings is 3. The molecule has 3 aromatic rings. The monoisotopic (exact) mass is 306 g/mol. The highest BCUT2D eigenvalue weighted by Gasteiger charge is 2.06. The van der Waals surface area contributed by atoms with Crippen molar-refractivity contribution in [3.63, 3.8) is 0 Å². The molecule has 0 fully saturated rings. The minimum Gasteiger partial charge on any atom is -0.234 e. The van der Waals surface area contributed by atoms with Crippen LogP contribution in [0.4, 0.5) is 11.4 Å². The summed E-state index contributed by atoms with van der Waals surface area (Å²) in [5.74, 6) is 0. The summed E-state index contributed by atoms with van der Waals surface area (Å²) < 4.78 is 0. The van der Waals surface area contributed by atoms with Crippen molar-refractivity contribution < 1.29 is 0 Å². The zero-order chi connectivity index (χ0) is 15.2. The summed E-state index contributed by atoms with van der Waals surface area (Å²) in [4.78, 5) is 0. The number of hydrogen-bond donors (Lipinski definition) is 0. The van der Waals surface area contributed by atoms with Gasteiger partial charge in [0.2, 0.25) is 0 Å². The lowest BCUT2D eigenvalue weighted by atomic mass is 10.2. The summed E-state index contributed by atoms with van der Waals surface area (Å²) in [5.41, 5.74) is 2.98. The zero-order valence-electron chi connectivity index (χ0n) is 11.9. The molecule has 0 spiro atoms. The van der Waals surface area contributed by atoms with Crippen LogP contribution < -0.4 is 5.01 Å². The number of para-hydroxylation sites is 2. The van der Waals surface area contributed by atoms with E-state index in [4.69, 9.17) is 11.6 Å². The lowest BCUT2D eigenvalue weighted by Gasteiger charge is -2.19. The smallest absolute Gasteiger partial charge is 0.0652 e. The van der Waals surface area contributed by atoms with Crippen molar-refractivity contribution >= 4 is 29.2 Å². The van der Waals surface area contributed by atoms with Crippen molar-refractivity contribution in [2.75, 3.05) is 5.01 Å². The maximum absolute atomic E-state index is 6.02. The predicted octanol–water partition coefficient (Wildman–Crippen LogP) is 5.51. The molecule has 3 heteroatoms. The van der Waals surface area contributed by atoms with Crippen LogP contribution in [-0.2, 0) is 0 Å². The van der Waals surface area contributed by atoms with Gasteiger partial charge in [-0.3, -0.25) is 0 Å². The largest absolute Gasteiger partial charge is 0.234 e. The Bertz CT molecular complexity index is 715. The Morgan fingerprint density at radius 1 is 0.727 bits per heavy atom. The topological polar surface area (TPSA) is 15.6 Å². The fraction of sp³-hybridized carbons (Fsp3) is 0. The summed E-state index contributed by atoms with van der Waals surface area (Å²) in [6.45, 7) is 0. The molecule has 2 nitrogen and oxygen atoms in total. The van der Waals surface area contributed by atoms with Crippen molar-refractivity contribution in [2.24, 2.45) is 5.10 Å². The average molecular weight is 307 g/mol. The Morgan fingerprint density at radius 3 is 1.86 bits per heavy atom. The molecule has 0 bridgehead atoms. The van der Waals surface area contributed by atoms with Gasteiger partial charge in [-0.25, -0.2) is 5.01 Å². The van der Waals surface area contributed by atoms with Crippen LogP contribution in [0.3, 0.4) is 0 Å². The van der Waals surface area contributed by atoms with E-state index in [-0.39, 0.29) is 0 Å². The van der Waals surface area contributed by atoms with Crippen LogP contribution in [-0.4, -0.2) is 6.21 Å². The van der Waals surface area contributed by atoms with Crippen LogP contribution in [0.15, 0.2) is 90.0 Å². The molecule has 0 heterocycles. The number of rotatable bonds is 4. The third-order valence-corrected chi connectivity index (χ3v) is 3.41. The average Bonchev–Trinajstić information content (AvgIpc) is 2.57. The van der Waals surface area contributed by atoms with E-state index in [0.29, 0.717) is 5.02 Å². The molecule has 0 aromatic heterocycles. The summed E-state index contributed by atoms with van der Waals surface area (Å²) in [6.07, 6.45) is 1.81. The SMILES string of the molecule is Clc1cccc(/C=N\N(c2ccccc2)c2ccccc2)c1. The molecule has 0 amide bonds. The molecule has 0 radical (unpaired) electrons. The van der Waals surface area contributed by atoms with Crippen LogP contribution in [0.1, 0.15) is 5.56 Å². The number of halogens is 1. The first kappa shape index (κ1) is 14.4. The summed E-state index contributed by atoms with van der Waals surface area (Å²) in [7, 11) is 0. The van der Waals surface area contributed by atoms with Crippen LogP contribution in [0.5, 0.6) is 0 Å². The highest BCUT2D eigenvalue weighted by molar-refractivity contribution is 6.30. The highest BCUT2D eigenvalue weighted by Crippen LogP contribution is 2.25. The summed E-state index contributed by atoms with van der Waals surface area (Å²) in [6, 6.07) is 27.7. The third-order valence-electron chi connectivity index (χ3n) is 3.17. The van der Waals surface area contributed by atoms with E-state index >= 15 is 0 Å². The molecule has 0 aliphatic heterocycles. The van der Waals surface area contributed by atoms with Gasteiger partial charge in [-0.15, -0.1) is 0 Å². The van der Waals surface area contributed by atoms with Crippen LogP contribution >= 0.6 is 11.6 Å². The van der Waals surface area contributed by atoms with Crippen molar-refractivity contribution in [1.82, 2.24) is 0 Å². The third kappa shape index (κ3) is 3.54. The minimum atomic E-state index is 0.704. The Hall–Kier alpha value is -2.58. The van der Waals surface area contributed by atoms with E-state index < -0.39 is 0 Å². The fourth-order valence-corrected chi connectivity index (χ4v) is 2.33. The Labute approximate surface area is 135 Å². The van der Waals surface area contributed by atoms with Crippen LogP contribution in [0, 0.1) is 0 Å². The van der Waals surface area contributed by atoms with Gasteiger partial charge in [0.05, 0.1) is 17.6 Å². The normalized spacial score (nSPS) is 10.8. The molecule has 0 aliphatic carbocycles. The number of anilines is 2. The second-order valence-corrected chi connectivity index (χ2v) is 5.22. The van der Waals surface area contributed by atoms with Crippen molar-refractivity contribution in [3.05, 3.63) is 95.5 Å². The molecule has 0 saturated heterocycles. The van der Waals surface area contributed by atoms with Crippen molar-refractivity contribution in [2.45, 2.75) is 0 Å². The fourth-order valence-electron chi connectivity index (χ4n) is 2.13. The van der Waals surface area contributed by atoms with Gasteiger partial charge in [0.1, 0.15) is 0 Å². The molecule has 0 aliphatic rings. The Morgan fingerprint density at radius 2 is 1.32 bits per heavy atom. The zero-order valence-corrected chi connectivity index (χ0v) is 12.7. The van der Waals surface area contributed by atoms with Gasteiger partial charge in [0.25, 0.3) is 0 Å². The van der Waals surface area contributed by atoms with E-state index in [2.05, 4.69) is 5.10 Å². The molecule has 0 N–H and O–H groups in total. The lowest BCUT2D eigenvalue weighted by Crippen LogP contribution is -2.09. The molecule has 0 saturated carbocycles. The maximum Gasteiger partial charge on any atom is 0.0652 e. The number of hydrazone groups is 1. The van der Waals surface area contributed by atoms with E-state index in [9.17, 15) is 0 Å². The molecular weight excluding hydrogens is 292 g/mol. The molecule has 108 valence electrons. The highest BCUT2D eigenvalue weighted by atomic mass is 35.5. The molecule has 0 atom stereocenters. The summed E-state index contributed by atoms with van der Waals surface area (Å²) in [5, 5.41) is 7.23. The molecule has 3 aromatic carbocycles. The first-order valence-electron chi connectivity index (χ1n) is 7.03. The van der Waals surface area contributed by atoms with E-state index in [0.717, 1.165) is 16.9 Å². The molecule has 3 rings (SSSR count). The van der Waals surface area contributed by atoms with Crippen LogP contribution in [0.2, 0.25) is 5.02 Å². The first-order chi connectivity index (χ1) is 10.8. The van der Waals surface area contributed by atoms with E-state index in [1.165, 1.54) is 0 Å². The van der Waals surface area contributed by atoms with Gasteiger partial charge in [-0.2, -0.15) is 5.10 Å². The first-order valence-corrected chi connectivity index (χ1v) is 7.40. The van der Waals surface area contributed by atoms with Crippen LogP contribution in [0.25, 0.3) is 0 Å². The predicted molar refractivity (Wildman–Crippen MR) is 94.1 cm³/mol. The quantitative estimate of drug-likeness (QED) is 0.458. The van der Waals surface area contributed by atoms with Gasteiger partial charge >= 0.3 is 0 Å². The minimum absolute atomic E-state index is 0.704. The summed E-state index contributed by atoms with van der Waals surface area (Å²) >= 11 is 6.02. The number of nitrogens with zero attached hydrogens (tertiary/aromatic N) is 2. The van der Waals surface area contributed by atoms with E-state index in [1.807, 2.05) is 96.2 Å². The second-order valence-electron chi connectivity index (χ2n) is 4.78. The van der Waals surface area contributed by atoms with Gasteiger partial charge in [-0.05, 0) is 42.0 Å². The van der Waals surface area contributed by atoms with Gasteiger partial charge in [-0.1, -0.05) is 60.1 Å². The van der Waals surface area contributed by atoms with Crippen molar-refractivity contribution in [3.8, 4) is 0 Å². The van der Waals surface area contributed by atoms with Gasteiger partial charge < -0.3 is 0 Å². The Balaban J connectivity index is 1.96. The van der Waals surface area contributed by atoms with Gasteiger partial charge in [0, 0.05) is 5.02 Å². The second kappa shape index (κ2) is 6.92. The van der Waals surface area contributed by atoms with Crippen molar-refractivity contribution in [1.29, 1.82) is 0 Å². The molecule has 0 unspecified atom stereocenters. The maximum atomic E-state index is 6.02. The molecule has 22 heavy (non-hydrogen) atoms. The Kier molecular flexibility index (Phi) is 4.52. The lowest BCUT2D eigenvalue weighted by molar-refractivity contribution is 1.09. The van der Waals surface area contributed by atoms with Gasteiger partial charge in [0.15, 0.2) is 0 Å². The molecular formula is C19H15ClN2. The standard InChI is InChI=1S/C19H15ClN2/c20-17-9-7-8-16(14-17)15-21-22(18-10-3-1-4-11-18)19-12-5-2-6-13-19/h1-15H/b21-15-. The number of hydrogen-bond acceptors (Lipinski definition) is 2. The van der Waals surface area contributed by atoms with E-state index in [1.54, 1.807) is 0 Å².